The highest BCUT2D eigenvalue weighted by atomic mass is 16.6. The van der Waals surface area contributed by atoms with Crippen molar-refractivity contribution in [2.45, 2.75) is 25.5 Å². The van der Waals surface area contributed by atoms with Crippen LogP contribution >= 0.6 is 0 Å². The van der Waals surface area contributed by atoms with Crippen LogP contribution in [0.15, 0.2) is 36.7 Å². The molecule has 2 atom stereocenters. The summed E-state index contributed by atoms with van der Waals surface area (Å²) < 4.78 is 1.85. The van der Waals surface area contributed by atoms with E-state index >= 15 is 0 Å². The molecule has 2 unspecified atom stereocenters. The van der Waals surface area contributed by atoms with Gasteiger partial charge in [0.1, 0.15) is 11.9 Å². The van der Waals surface area contributed by atoms with Crippen LogP contribution in [-0.4, -0.2) is 37.6 Å². The third kappa shape index (κ3) is 3.63. The van der Waals surface area contributed by atoms with E-state index in [1.165, 1.54) is 6.07 Å². The second-order valence-corrected chi connectivity index (χ2v) is 6.41. The molecule has 0 spiro atoms. The summed E-state index contributed by atoms with van der Waals surface area (Å²) in [5.41, 5.74) is 1.05. The highest BCUT2D eigenvalue weighted by Crippen LogP contribution is 2.29. The van der Waals surface area contributed by atoms with Crippen LogP contribution in [0.25, 0.3) is 0 Å². The molecule has 1 saturated heterocycles. The molecule has 1 aromatic carbocycles. The molecule has 0 amide bonds. The first kappa shape index (κ1) is 16.6. The van der Waals surface area contributed by atoms with Crippen LogP contribution in [0.2, 0.25) is 0 Å². The molecule has 0 aliphatic carbocycles. The van der Waals surface area contributed by atoms with Crippen molar-refractivity contribution < 1.29 is 10.0 Å². The molecule has 24 heavy (non-hydrogen) atoms. The lowest BCUT2D eigenvalue weighted by molar-refractivity contribution is -0.384. The number of likely N-dealkylation sites (tertiary alicyclic amines) is 1. The summed E-state index contributed by atoms with van der Waals surface area (Å²) in [6, 6.07) is 6.76. The van der Waals surface area contributed by atoms with E-state index < -0.39 is 6.10 Å². The van der Waals surface area contributed by atoms with Crippen molar-refractivity contribution in [2.75, 3.05) is 13.1 Å². The Morgan fingerprint density at radius 1 is 1.50 bits per heavy atom. The molecule has 2 heterocycles. The zero-order valence-corrected chi connectivity index (χ0v) is 13.7. The molecule has 1 N–H and O–H groups in total. The third-order valence-corrected chi connectivity index (χ3v) is 4.64. The summed E-state index contributed by atoms with van der Waals surface area (Å²) in [4.78, 5) is 17.0. The van der Waals surface area contributed by atoms with Crippen LogP contribution in [0.4, 0.5) is 5.69 Å². The number of aromatic nitrogens is 2. The van der Waals surface area contributed by atoms with Gasteiger partial charge in [-0.1, -0.05) is 12.1 Å². The van der Waals surface area contributed by atoms with E-state index in [2.05, 4.69) is 9.88 Å². The minimum Gasteiger partial charge on any atom is -0.385 e. The number of benzene rings is 1. The van der Waals surface area contributed by atoms with Gasteiger partial charge in [0.2, 0.25) is 0 Å². The number of piperidine rings is 1. The van der Waals surface area contributed by atoms with Gasteiger partial charge in [0.05, 0.1) is 4.92 Å². The largest absolute Gasteiger partial charge is 0.385 e. The average molecular weight is 330 g/mol. The zero-order valence-electron chi connectivity index (χ0n) is 13.7. The number of hydrogen-bond acceptors (Lipinski definition) is 5. The lowest BCUT2D eigenvalue weighted by Gasteiger charge is -2.34. The fourth-order valence-corrected chi connectivity index (χ4v) is 3.39. The van der Waals surface area contributed by atoms with Gasteiger partial charge in [0.15, 0.2) is 0 Å². The lowest BCUT2D eigenvalue weighted by atomic mass is 9.91. The molecule has 7 nitrogen and oxygen atoms in total. The molecule has 1 aromatic heterocycles. The molecule has 0 radical (unpaired) electrons. The second-order valence-electron chi connectivity index (χ2n) is 6.41. The molecular weight excluding hydrogens is 308 g/mol. The van der Waals surface area contributed by atoms with Crippen molar-refractivity contribution >= 4 is 5.69 Å². The first-order valence-corrected chi connectivity index (χ1v) is 8.15. The standard InChI is InChI=1S/C17H22N4O3/c1-19-9-7-18-17(19)16(22)14-5-3-8-20(12-14)11-13-4-2-6-15(10-13)21(23)24/h2,4,6-7,9-10,14,16,22H,3,5,8,11-12H2,1H3. The van der Waals surface area contributed by atoms with E-state index in [1.807, 2.05) is 23.9 Å². The molecular formula is C17H22N4O3. The third-order valence-electron chi connectivity index (χ3n) is 4.64. The normalized spacial score (nSPS) is 20.0. The number of nitro groups is 1. The molecule has 1 fully saturated rings. The first-order chi connectivity index (χ1) is 11.5. The Kier molecular flexibility index (Phi) is 4.92. The van der Waals surface area contributed by atoms with Gasteiger partial charge in [0.25, 0.3) is 5.69 Å². The van der Waals surface area contributed by atoms with Gasteiger partial charge in [-0.15, -0.1) is 0 Å². The second kappa shape index (κ2) is 7.11. The highest BCUT2D eigenvalue weighted by Gasteiger charge is 2.29. The Hall–Kier alpha value is -2.25. The SMILES string of the molecule is Cn1ccnc1C(O)C1CCCN(Cc2cccc([N+](=O)[O-])c2)C1. The minimum absolute atomic E-state index is 0.120. The maximum atomic E-state index is 10.9. The summed E-state index contributed by atoms with van der Waals surface area (Å²) in [7, 11) is 1.88. The molecule has 0 saturated carbocycles. The van der Waals surface area contributed by atoms with Gasteiger partial charge in [-0.05, 0) is 24.9 Å². The highest BCUT2D eigenvalue weighted by molar-refractivity contribution is 5.34. The van der Waals surface area contributed by atoms with Crippen LogP contribution < -0.4 is 0 Å². The van der Waals surface area contributed by atoms with E-state index in [-0.39, 0.29) is 16.5 Å². The fourth-order valence-electron chi connectivity index (χ4n) is 3.39. The molecule has 0 bridgehead atoms. The zero-order chi connectivity index (χ0) is 17.1. The van der Waals surface area contributed by atoms with Gasteiger partial charge >= 0.3 is 0 Å². The minimum atomic E-state index is -0.585. The molecule has 1 aliphatic heterocycles. The number of aliphatic hydroxyl groups excluding tert-OH is 1. The summed E-state index contributed by atoms with van der Waals surface area (Å²) in [6.45, 7) is 2.36. The van der Waals surface area contributed by atoms with Gasteiger partial charge in [-0.25, -0.2) is 4.98 Å². The van der Waals surface area contributed by atoms with Crippen LogP contribution in [0.5, 0.6) is 0 Å². The van der Waals surface area contributed by atoms with Crippen LogP contribution in [0.1, 0.15) is 30.3 Å². The van der Waals surface area contributed by atoms with E-state index in [0.29, 0.717) is 12.4 Å². The number of rotatable bonds is 5. The van der Waals surface area contributed by atoms with Gasteiger partial charge in [-0.2, -0.15) is 0 Å². The number of imidazole rings is 1. The van der Waals surface area contributed by atoms with Crippen molar-refractivity contribution in [2.24, 2.45) is 13.0 Å². The fraction of sp³-hybridized carbons (Fsp3) is 0.471. The smallest absolute Gasteiger partial charge is 0.269 e. The Bertz CT molecular complexity index is 715. The molecule has 3 rings (SSSR count). The molecule has 7 heteroatoms. The van der Waals surface area contributed by atoms with Crippen LogP contribution in [0.3, 0.4) is 0 Å². The number of aliphatic hydroxyl groups is 1. The van der Waals surface area contributed by atoms with Crippen molar-refractivity contribution in [1.29, 1.82) is 0 Å². The lowest BCUT2D eigenvalue weighted by Crippen LogP contribution is -2.37. The van der Waals surface area contributed by atoms with Crippen molar-refractivity contribution in [3.63, 3.8) is 0 Å². The van der Waals surface area contributed by atoms with Gasteiger partial charge in [0, 0.05) is 50.6 Å². The Labute approximate surface area is 140 Å². The van der Waals surface area contributed by atoms with E-state index in [0.717, 1.165) is 31.5 Å². The molecule has 1 aliphatic rings. The summed E-state index contributed by atoms with van der Waals surface area (Å²) in [5, 5.41) is 21.5. The van der Waals surface area contributed by atoms with Crippen LogP contribution in [0, 0.1) is 16.0 Å². The maximum absolute atomic E-state index is 10.9. The van der Waals surface area contributed by atoms with E-state index in [1.54, 1.807) is 18.3 Å². The summed E-state index contributed by atoms with van der Waals surface area (Å²) in [5.74, 6) is 0.816. The predicted molar refractivity (Wildman–Crippen MR) is 89.3 cm³/mol. The maximum Gasteiger partial charge on any atom is 0.269 e. The quantitative estimate of drug-likeness (QED) is 0.671. The van der Waals surface area contributed by atoms with E-state index in [9.17, 15) is 15.2 Å². The summed E-state index contributed by atoms with van der Waals surface area (Å²) >= 11 is 0. The number of non-ortho nitro benzene ring substituents is 1. The monoisotopic (exact) mass is 330 g/mol. The summed E-state index contributed by atoms with van der Waals surface area (Å²) in [6.07, 6.45) is 4.91. The predicted octanol–water partition coefficient (Wildman–Crippen LogP) is 2.27. The van der Waals surface area contributed by atoms with Crippen molar-refractivity contribution in [1.82, 2.24) is 14.5 Å². The number of nitrogens with zero attached hydrogens (tertiary/aromatic N) is 4. The Morgan fingerprint density at radius 2 is 2.33 bits per heavy atom. The number of hydrogen-bond donors (Lipinski definition) is 1. The van der Waals surface area contributed by atoms with E-state index in [4.69, 9.17) is 0 Å². The molecule has 2 aromatic rings. The Morgan fingerprint density at radius 3 is 3.04 bits per heavy atom. The van der Waals surface area contributed by atoms with Gasteiger partial charge < -0.3 is 9.67 Å². The van der Waals surface area contributed by atoms with Crippen molar-refractivity contribution in [3.05, 3.63) is 58.2 Å². The Balaban J connectivity index is 1.66. The number of nitro benzene ring substituents is 1. The average Bonchev–Trinajstić information content (AvgIpc) is 3.00. The van der Waals surface area contributed by atoms with Gasteiger partial charge in [-0.3, -0.25) is 15.0 Å². The van der Waals surface area contributed by atoms with Crippen molar-refractivity contribution in [3.8, 4) is 0 Å². The van der Waals surface area contributed by atoms with Crippen LogP contribution in [-0.2, 0) is 13.6 Å². The number of aryl methyl sites for hydroxylation is 1. The first-order valence-electron chi connectivity index (χ1n) is 8.15. The molecule has 128 valence electrons. The topological polar surface area (TPSA) is 84.4 Å².